The maximum atomic E-state index is 5.43. The van der Waals surface area contributed by atoms with Crippen LogP contribution >= 0.6 is 0 Å². The molecule has 0 aliphatic heterocycles. The topological polar surface area (TPSA) is 63.7 Å². The normalized spacial score (nSPS) is 10.3. The highest BCUT2D eigenvalue weighted by molar-refractivity contribution is 5.28. The SMILES string of the molecule is CCOc1cccc(CCc2nn[nH]n2)c1. The maximum Gasteiger partial charge on any atom is 0.174 e. The first-order valence-corrected chi connectivity index (χ1v) is 5.32. The fraction of sp³-hybridized carbons (Fsp3) is 0.364. The Hall–Kier alpha value is -1.91. The van der Waals surface area contributed by atoms with Crippen LogP contribution in [0.1, 0.15) is 18.3 Å². The molecule has 0 spiro atoms. The van der Waals surface area contributed by atoms with Crippen molar-refractivity contribution in [2.45, 2.75) is 19.8 Å². The van der Waals surface area contributed by atoms with Crippen LogP contribution in [0.15, 0.2) is 24.3 Å². The van der Waals surface area contributed by atoms with E-state index in [4.69, 9.17) is 4.74 Å². The van der Waals surface area contributed by atoms with Crippen molar-refractivity contribution in [3.05, 3.63) is 35.7 Å². The molecule has 84 valence electrons. The molecule has 5 nitrogen and oxygen atoms in total. The third-order valence-corrected chi connectivity index (χ3v) is 2.24. The summed E-state index contributed by atoms with van der Waals surface area (Å²) in [5, 5.41) is 13.8. The number of rotatable bonds is 5. The van der Waals surface area contributed by atoms with Gasteiger partial charge in [-0.25, -0.2) is 0 Å². The monoisotopic (exact) mass is 218 g/mol. The van der Waals surface area contributed by atoms with E-state index >= 15 is 0 Å². The van der Waals surface area contributed by atoms with Crippen molar-refractivity contribution in [3.8, 4) is 5.75 Å². The Morgan fingerprint density at radius 3 is 3.00 bits per heavy atom. The largest absolute Gasteiger partial charge is 0.494 e. The zero-order valence-electron chi connectivity index (χ0n) is 9.18. The number of ether oxygens (including phenoxy) is 1. The van der Waals surface area contributed by atoms with Crippen LogP contribution in [-0.4, -0.2) is 27.2 Å². The first kappa shape index (κ1) is 10.6. The molecule has 0 aliphatic rings. The highest BCUT2D eigenvalue weighted by Gasteiger charge is 2.00. The summed E-state index contributed by atoms with van der Waals surface area (Å²) in [6.07, 6.45) is 1.67. The van der Waals surface area contributed by atoms with Gasteiger partial charge in [-0.2, -0.15) is 5.21 Å². The van der Waals surface area contributed by atoms with Crippen LogP contribution in [0.5, 0.6) is 5.75 Å². The lowest BCUT2D eigenvalue weighted by molar-refractivity contribution is 0.340. The van der Waals surface area contributed by atoms with Crippen LogP contribution in [0.2, 0.25) is 0 Å². The van der Waals surface area contributed by atoms with Crippen molar-refractivity contribution < 1.29 is 4.74 Å². The van der Waals surface area contributed by atoms with Gasteiger partial charge in [0.2, 0.25) is 0 Å². The fourth-order valence-corrected chi connectivity index (χ4v) is 1.50. The molecule has 0 saturated carbocycles. The molecule has 0 fully saturated rings. The number of benzene rings is 1. The van der Waals surface area contributed by atoms with Gasteiger partial charge >= 0.3 is 0 Å². The third-order valence-electron chi connectivity index (χ3n) is 2.24. The number of tetrazole rings is 1. The summed E-state index contributed by atoms with van der Waals surface area (Å²) in [6, 6.07) is 8.07. The lowest BCUT2D eigenvalue weighted by Crippen LogP contribution is -1.96. The highest BCUT2D eigenvalue weighted by Crippen LogP contribution is 2.14. The Balaban J connectivity index is 1.96. The van der Waals surface area contributed by atoms with Crippen LogP contribution < -0.4 is 4.74 Å². The van der Waals surface area contributed by atoms with Crippen LogP contribution in [-0.2, 0) is 12.8 Å². The number of hydrogen-bond acceptors (Lipinski definition) is 4. The number of aromatic amines is 1. The predicted molar refractivity (Wildman–Crippen MR) is 59.2 cm³/mol. The lowest BCUT2D eigenvalue weighted by atomic mass is 10.1. The molecule has 0 saturated heterocycles. The molecule has 0 unspecified atom stereocenters. The number of H-pyrrole nitrogens is 1. The third kappa shape index (κ3) is 2.79. The summed E-state index contributed by atoms with van der Waals surface area (Å²) in [7, 11) is 0. The van der Waals surface area contributed by atoms with Gasteiger partial charge in [0.15, 0.2) is 5.82 Å². The van der Waals surface area contributed by atoms with Crippen molar-refractivity contribution in [2.24, 2.45) is 0 Å². The van der Waals surface area contributed by atoms with E-state index < -0.39 is 0 Å². The van der Waals surface area contributed by atoms with E-state index in [-0.39, 0.29) is 0 Å². The zero-order chi connectivity index (χ0) is 11.2. The molecular weight excluding hydrogens is 204 g/mol. The Morgan fingerprint density at radius 2 is 2.25 bits per heavy atom. The molecule has 2 rings (SSSR count). The number of hydrogen-bond donors (Lipinski definition) is 1. The zero-order valence-corrected chi connectivity index (χ0v) is 9.18. The Labute approximate surface area is 93.8 Å². The van der Waals surface area contributed by atoms with Crippen molar-refractivity contribution >= 4 is 0 Å². The van der Waals surface area contributed by atoms with Crippen LogP contribution in [0, 0.1) is 0 Å². The van der Waals surface area contributed by atoms with Gasteiger partial charge in [0, 0.05) is 6.42 Å². The minimum atomic E-state index is 0.689. The van der Waals surface area contributed by atoms with Crippen molar-refractivity contribution in [2.75, 3.05) is 6.61 Å². The molecule has 16 heavy (non-hydrogen) atoms. The fourth-order valence-electron chi connectivity index (χ4n) is 1.50. The van der Waals surface area contributed by atoms with E-state index in [9.17, 15) is 0 Å². The number of aromatic nitrogens is 4. The summed E-state index contributed by atoms with van der Waals surface area (Å²) in [6.45, 7) is 2.67. The minimum Gasteiger partial charge on any atom is -0.494 e. The van der Waals surface area contributed by atoms with Gasteiger partial charge in [-0.1, -0.05) is 17.3 Å². The summed E-state index contributed by atoms with van der Waals surface area (Å²) in [5.74, 6) is 1.65. The van der Waals surface area contributed by atoms with E-state index in [1.807, 2.05) is 25.1 Å². The lowest BCUT2D eigenvalue weighted by Gasteiger charge is -2.04. The van der Waals surface area contributed by atoms with Crippen LogP contribution in [0.25, 0.3) is 0 Å². The summed E-state index contributed by atoms with van der Waals surface area (Å²) in [4.78, 5) is 0. The minimum absolute atomic E-state index is 0.689. The van der Waals surface area contributed by atoms with Crippen molar-refractivity contribution in [1.82, 2.24) is 20.6 Å². The molecule has 0 atom stereocenters. The second-order valence-electron chi connectivity index (χ2n) is 3.41. The van der Waals surface area contributed by atoms with Gasteiger partial charge in [0.25, 0.3) is 0 Å². The first-order valence-electron chi connectivity index (χ1n) is 5.32. The van der Waals surface area contributed by atoms with Crippen molar-refractivity contribution in [3.63, 3.8) is 0 Å². The number of nitrogens with zero attached hydrogens (tertiary/aromatic N) is 3. The molecule has 0 aliphatic carbocycles. The van der Waals surface area contributed by atoms with Gasteiger partial charge in [-0.05, 0) is 31.0 Å². The van der Waals surface area contributed by atoms with E-state index in [2.05, 4.69) is 26.7 Å². The standard InChI is InChI=1S/C11H14N4O/c1-2-16-10-5-3-4-9(8-10)6-7-11-12-14-15-13-11/h3-5,8H,2,6-7H2,1H3,(H,12,13,14,15). The second kappa shape index (κ2) is 5.25. The summed E-state index contributed by atoms with van der Waals surface area (Å²) < 4.78 is 5.43. The molecular formula is C11H14N4O. The summed E-state index contributed by atoms with van der Waals surface area (Å²) >= 11 is 0. The molecule has 1 aromatic heterocycles. The Bertz CT molecular complexity index is 427. The van der Waals surface area contributed by atoms with Gasteiger partial charge in [-0.15, -0.1) is 10.2 Å². The van der Waals surface area contributed by atoms with E-state index in [1.54, 1.807) is 0 Å². The first-order chi connectivity index (χ1) is 7.88. The molecule has 0 amide bonds. The number of aryl methyl sites for hydroxylation is 2. The quantitative estimate of drug-likeness (QED) is 0.823. The molecule has 1 N–H and O–H groups in total. The highest BCUT2D eigenvalue weighted by atomic mass is 16.5. The average molecular weight is 218 g/mol. The van der Waals surface area contributed by atoms with Gasteiger partial charge < -0.3 is 4.74 Å². The molecule has 5 heteroatoms. The van der Waals surface area contributed by atoms with Gasteiger partial charge in [-0.3, -0.25) is 0 Å². The van der Waals surface area contributed by atoms with E-state index in [0.29, 0.717) is 6.61 Å². The number of nitrogens with one attached hydrogen (secondary N) is 1. The second-order valence-corrected chi connectivity index (χ2v) is 3.41. The maximum absolute atomic E-state index is 5.43. The van der Waals surface area contributed by atoms with Gasteiger partial charge in [0.05, 0.1) is 6.61 Å². The average Bonchev–Trinajstić information content (AvgIpc) is 2.80. The van der Waals surface area contributed by atoms with Gasteiger partial charge in [0.1, 0.15) is 5.75 Å². The Kier molecular flexibility index (Phi) is 3.48. The molecule has 2 aromatic rings. The predicted octanol–water partition coefficient (Wildman–Crippen LogP) is 1.38. The van der Waals surface area contributed by atoms with E-state index in [1.165, 1.54) is 5.56 Å². The Morgan fingerprint density at radius 1 is 1.31 bits per heavy atom. The molecule has 0 radical (unpaired) electrons. The molecule has 0 bridgehead atoms. The molecule has 1 heterocycles. The smallest absolute Gasteiger partial charge is 0.174 e. The summed E-state index contributed by atoms with van der Waals surface area (Å²) in [5.41, 5.74) is 1.22. The molecule has 1 aromatic carbocycles. The van der Waals surface area contributed by atoms with Crippen LogP contribution in [0.4, 0.5) is 0 Å². The van der Waals surface area contributed by atoms with E-state index in [0.717, 1.165) is 24.4 Å². The van der Waals surface area contributed by atoms with Crippen LogP contribution in [0.3, 0.4) is 0 Å². The van der Waals surface area contributed by atoms with Crippen molar-refractivity contribution in [1.29, 1.82) is 0 Å².